The zero-order chi connectivity index (χ0) is 18.8. The lowest BCUT2D eigenvalue weighted by Gasteiger charge is -2.18. The molecule has 0 saturated carbocycles. The summed E-state index contributed by atoms with van der Waals surface area (Å²) < 4.78 is 0. The summed E-state index contributed by atoms with van der Waals surface area (Å²) >= 11 is 0. The van der Waals surface area contributed by atoms with Crippen LogP contribution in [0.1, 0.15) is 36.5 Å². The van der Waals surface area contributed by atoms with E-state index in [0.717, 1.165) is 18.4 Å². The molecule has 26 heavy (non-hydrogen) atoms. The molecule has 4 nitrogen and oxygen atoms in total. The molecule has 0 aliphatic rings. The van der Waals surface area contributed by atoms with E-state index in [1.807, 2.05) is 43.3 Å². The van der Waals surface area contributed by atoms with E-state index in [0.29, 0.717) is 13.0 Å². The first-order valence-electron chi connectivity index (χ1n) is 9.25. The lowest BCUT2D eigenvalue weighted by molar-refractivity contribution is -0.128. The van der Waals surface area contributed by atoms with Gasteiger partial charge in [0.1, 0.15) is 6.04 Å². The van der Waals surface area contributed by atoms with Gasteiger partial charge in [-0.05, 0) is 30.9 Å². The molecule has 0 saturated heterocycles. The number of carbonyl (C=O) groups excluding carboxylic acids is 2. The van der Waals surface area contributed by atoms with Crippen LogP contribution in [0, 0.1) is 6.92 Å². The summed E-state index contributed by atoms with van der Waals surface area (Å²) in [6.07, 6.45) is 2.54. The van der Waals surface area contributed by atoms with Crippen molar-refractivity contribution in [3.8, 4) is 0 Å². The number of benzene rings is 2. The zero-order valence-electron chi connectivity index (χ0n) is 15.6. The van der Waals surface area contributed by atoms with Gasteiger partial charge in [-0.2, -0.15) is 0 Å². The predicted molar refractivity (Wildman–Crippen MR) is 105 cm³/mol. The maximum Gasteiger partial charge on any atom is 0.242 e. The highest BCUT2D eigenvalue weighted by Gasteiger charge is 2.19. The van der Waals surface area contributed by atoms with E-state index in [1.165, 1.54) is 11.1 Å². The summed E-state index contributed by atoms with van der Waals surface area (Å²) in [6, 6.07) is 17.3. The van der Waals surface area contributed by atoms with Crippen molar-refractivity contribution >= 4 is 11.8 Å². The van der Waals surface area contributed by atoms with Crippen molar-refractivity contribution in [2.24, 2.45) is 0 Å². The Balaban J connectivity index is 1.83. The maximum atomic E-state index is 12.5. The lowest BCUT2D eigenvalue weighted by atomic mass is 10.1. The summed E-state index contributed by atoms with van der Waals surface area (Å²) in [4.78, 5) is 24.7. The van der Waals surface area contributed by atoms with E-state index in [9.17, 15) is 9.59 Å². The van der Waals surface area contributed by atoms with Crippen LogP contribution in [-0.2, 0) is 22.4 Å². The summed E-state index contributed by atoms with van der Waals surface area (Å²) in [6.45, 7) is 4.63. The van der Waals surface area contributed by atoms with E-state index in [2.05, 4.69) is 35.8 Å². The quantitative estimate of drug-likeness (QED) is 0.728. The summed E-state index contributed by atoms with van der Waals surface area (Å²) in [7, 11) is 0. The van der Waals surface area contributed by atoms with Crippen molar-refractivity contribution in [1.29, 1.82) is 0 Å². The fraction of sp³-hybridized carbons (Fsp3) is 0.364. The Kier molecular flexibility index (Phi) is 7.87. The van der Waals surface area contributed by atoms with E-state index in [4.69, 9.17) is 0 Å². The molecular weight excluding hydrogens is 324 g/mol. The molecule has 4 heteroatoms. The van der Waals surface area contributed by atoms with Gasteiger partial charge in [0.15, 0.2) is 0 Å². The third kappa shape index (κ3) is 6.71. The Morgan fingerprint density at radius 3 is 2.42 bits per heavy atom. The second kappa shape index (κ2) is 10.4. The van der Waals surface area contributed by atoms with Crippen molar-refractivity contribution in [3.05, 3.63) is 71.3 Å². The molecule has 2 rings (SSSR count). The highest BCUT2D eigenvalue weighted by atomic mass is 16.2. The Labute approximate surface area is 156 Å². The van der Waals surface area contributed by atoms with Crippen LogP contribution in [0.25, 0.3) is 0 Å². The molecule has 0 spiro atoms. The van der Waals surface area contributed by atoms with Crippen LogP contribution in [-0.4, -0.2) is 24.4 Å². The molecule has 0 aliphatic heterocycles. The van der Waals surface area contributed by atoms with Gasteiger partial charge in [0.25, 0.3) is 0 Å². The normalized spacial score (nSPS) is 11.6. The SMILES string of the molecule is CCCC(NC(=O)Cc1ccccc1)C(=O)NCCc1cccc(C)c1. The molecule has 1 unspecified atom stereocenters. The number of aryl methyl sites for hydroxylation is 1. The molecule has 0 aliphatic carbocycles. The molecule has 2 N–H and O–H groups in total. The van der Waals surface area contributed by atoms with Crippen molar-refractivity contribution in [3.63, 3.8) is 0 Å². The Bertz CT molecular complexity index is 713. The fourth-order valence-electron chi connectivity index (χ4n) is 2.90. The Hall–Kier alpha value is -2.62. The summed E-state index contributed by atoms with van der Waals surface area (Å²) in [5.74, 6) is -0.232. The van der Waals surface area contributed by atoms with Crippen molar-refractivity contribution in [2.45, 2.75) is 45.6 Å². The van der Waals surface area contributed by atoms with Gasteiger partial charge in [-0.15, -0.1) is 0 Å². The summed E-state index contributed by atoms with van der Waals surface area (Å²) in [5.41, 5.74) is 3.36. The largest absolute Gasteiger partial charge is 0.354 e. The molecule has 1 atom stereocenters. The number of rotatable bonds is 9. The van der Waals surface area contributed by atoms with Crippen LogP contribution in [0.15, 0.2) is 54.6 Å². The van der Waals surface area contributed by atoms with Gasteiger partial charge in [-0.3, -0.25) is 9.59 Å². The van der Waals surface area contributed by atoms with Crippen molar-refractivity contribution in [2.75, 3.05) is 6.54 Å². The second-order valence-corrected chi connectivity index (χ2v) is 6.60. The van der Waals surface area contributed by atoms with Crippen LogP contribution in [0.4, 0.5) is 0 Å². The fourth-order valence-corrected chi connectivity index (χ4v) is 2.90. The minimum absolute atomic E-state index is 0.110. The predicted octanol–water partition coefficient (Wildman–Crippen LogP) is 3.18. The van der Waals surface area contributed by atoms with Gasteiger partial charge in [-0.25, -0.2) is 0 Å². The molecule has 138 valence electrons. The first-order chi connectivity index (χ1) is 12.6. The molecular formula is C22H28N2O2. The number of hydrogen-bond donors (Lipinski definition) is 2. The third-order valence-electron chi connectivity index (χ3n) is 4.23. The first kappa shape index (κ1) is 19.7. The number of carbonyl (C=O) groups is 2. The van der Waals surface area contributed by atoms with E-state index in [1.54, 1.807) is 0 Å². The highest BCUT2D eigenvalue weighted by Crippen LogP contribution is 2.05. The van der Waals surface area contributed by atoms with E-state index < -0.39 is 6.04 Å². The highest BCUT2D eigenvalue weighted by molar-refractivity contribution is 5.88. The smallest absolute Gasteiger partial charge is 0.242 e. The second-order valence-electron chi connectivity index (χ2n) is 6.60. The lowest BCUT2D eigenvalue weighted by Crippen LogP contribution is -2.47. The Morgan fingerprint density at radius 1 is 1.00 bits per heavy atom. The number of amides is 2. The van der Waals surface area contributed by atoms with Crippen LogP contribution in [0.5, 0.6) is 0 Å². The molecule has 2 amide bonds. The summed E-state index contributed by atoms with van der Waals surface area (Å²) in [5, 5.41) is 5.82. The Morgan fingerprint density at radius 2 is 1.73 bits per heavy atom. The number of nitrogens with one attached hydrogen (secondary N) is 2. The van der Waals surface area contributed by atoms with Crippen LogP contribution in [0.2, 0.25) is 0 Å². The molecule has 2 aromatic carbocycles. The topological polar surface area (TPSA) is 58.2 Å². The number of hydrogen-bond acceptors (Lipinski definition) is 2. The van der Waals surface area contributed by atoms with Gasteiger partial charge in [-0.1, -0.05) is 73.5 Å². The molecule has 2 aromatic rings. The minimum Gasteiger partial charge on any atom is -0.354 e. The van der Waals surface area contributed by atoms with E-state index >= 15 is 0 Å². The monoisotopic (exact) mass is 352 g/mol. The van der Waals surface area contributed by atoms with Gasteiger partial charge in [0, 0.05) is 6.54 Å². The third-order valence-corrected chi connectivity index (χ3v) is 4.23. The average molecular weight is 352 g/mol. The molecule has 0 aromatic heterocycles. The molecule has 0 radical (unpaired) electrons. The molecule has 0 fully saturated rings. The minimum atomic E-state index is -0.478. The van der Waals surface area contributed by atoms with Crippen LogP contribution >= 0.6 is 0 Å². The zero-order valence-corrected chi connectivity index (χ0v) is 15.6. The molecule has 0 heterocycles. The van der Waals surface area contributed by atoms with Crippen molar-refractivity contribution in [1.82, 2.24) is 10.6 Å². The van der Waals surface area contributed by atoms with Gasteiger partial charge in [0.2, 0.25) is 11.8 Å². The van der Waals surface area contributed by atoms with Gasteiger partial charge < -0.3 is 10.6 Å². The van der Waals surface area contributed by atoms with Gasteiger partial charge in [0.05, 0.1) is 6.42 Å². The van der Waals surface area contributed by atoms with Crippen LogP contribution < -0.4 is 10.6 Å². The van der Waals surface area contributed by atoms with Crippen LogP contribution in [0.3, 0.4) is 0 Å². The average Bonchev–Trinajstić information content (AvgIpc) is 2.62. The standard InChI is InChI=1S/C22H28N2O2/c1-3-8-20(24-21(25)16-18-10-5-4-6-11-18)22(26)23-14-13-19-12-7-9-17(2)15-19/h4-7,9-12,15,20H,3,8,13-14,16H2,1-2H3,(H,23,26)(H,24,25). The van der Waals surface area contributed by atoms with E-state index in [-0.39, 0.29) is 18.2 Å². The van der Waals surface area contributed by atoms with Gasteiger partial charge >= 0.3 is 0 Å². The van der Waals surface area contributed by atoms with Crippen molar-refractivity contribution < 1.29 is 9.59 Å². The first-order valence-corrected chi connectivity index (χ1v) is 9.25. The maximum absolute atomic E-state index is 12.5. The molecule has 0 bridgehead atoms.